The molecule has 24 heavy (non-hydrogen) atoms. The monoisotopic (exact) mass is 342 g/mol. The summed E-state index contributed by atoms with van der Waals surface area (Å²) < 4.78 is 40.7. The molecule has 0 saturated heterocycles. The fraction of sp³-hybridized carbons (Fsp3) is 0.286. The van der Waals surface area contributed by atoms with Crippen molar-refractivity contribution in [2.75, 3.05) is 0 Å². The normalized spacial score (nSPS) is 11.6. The predicted molar refractivity (Wildman–Crippen MR) is 77.8 cm³/mol. The van der Waals surface area contributed by atoms with Crippen LogP contribution in [0.3, 0.4) is 0 Å². The molecule has 1 amide bonds. The van der Waals surface area contributed by atoms with Crippen LogP contribution in [0.2, 0.25) is 0 Å². The van der Waals surface area contributed by atoms with Crippen molar-refractivity contribution in [3.8, 4) is 5.69 Å². The number of alkyl halides is 3. The lowest BCUT2D eigenvalue weighted by Gasteiger charge is -2.13. The van der Waals surface area contributed by atoms with Gasteiger partial charge in [0.25, 0.3) is 11.6 Å². The van der Waals surface area contributed by atoms with Crippen molar-refractivity contribution in [3.63, 3.8) is 0 Å². The number of carbonyl (C=O) groups is 1. The molecular weight excluding hydrogens is 329 g/mol. The lowest BCUT2D eigenvalue weighted by molar-refractivity contribution is -0.384. The number of nitro groups is 1. The van der Waals surface area contributed by atoms with Crippen LogP contribution in [0.4, 0.5) is 18.9 Å². The Morgan fingerprint density at radius 3 is 2.33 bits per heavy atom. The summed E-state index contributed by atoms with van der Waals surface area (Å²) in [6.07, 6.45) is -4.01. The van der Waals surface area contributed by atoms with E-state index in [-0.39, 0.29) is 17.4 Å². The molecule has 1 heterocycles. The molecule has 2 rings (SSSR count). The largest absolute Gasteiger partial charge is 0.434 e. The van der Waals surface area contributed by atoms with Gasteiger partial charge in [0.05, 0.1) is 22.4 Å². The molecule has 0 aliphatic rings. The third-order valence-electron chi connectivity index (χ3n) is 3.01. The number of halogens is 3. The molecule has 0 saturated carbocycles. The van der Waals surface area contributed by atoms with Gasteiger partial charge in [0, 0.05) is 18.2 Å². The van der Waals surface area contributed by atoms with E-state index in [9.17, 15) is 28.1 Å². The van der Waals surface area contributed by atoms with E-state index in [0.717, 1.165) is 30.5 Å². The van der Waals surface area contributed by atoms with Gasteiger partial charge in [0.1, 0.15) is 0 Å². The van der Waals surface area contributed by atoms with Gasteiger partial charge in [-0.3, -0.25) is 14.9 Å². The zero-order chi connectivity index (χ0) is 18.1. The third-order valence-corrected chi connectivity index (χ3v) is 3.01. The molecule has 7 nitrogen and oxygen atoms in total. The highest BCUT2D eigenvalue weighted by Gasteiger charge is 2.40. The summed E-state index contributed by atoms with van der Waals surface area (Å²) in [6.45, 7) is 3.23. The SMILES string of the molecule is CC(C)NC(=O)c1cnn(-c2ccc([N+](=O)[O-])cc2)c1C(F)(F)F. The Hall–Kier alpha value is -2.91. The summed E-state index contributed by atoms with van der Waals surface area (Å²) in [5.41, 5.74) is -2.17. The van der Waals surface area contributed by atoms with Gasteiger partial charge in [-0.15, -0.1) is 0 Å². The molecule has 128 valence electrons. The number of benzene rings is 1. The molecule has 0 aliphatic heterocycles. The van der Waals surface area contributed by atoms with Gasteiger partial charge in [-0.1, -0.05) is 0 Å². The van der Waals surface area contributed by atoms with E-state index in [4.69, 9.17) is 0 Å². The maximum Gasteiger partial charge on any atom is 0.434 e. The van der Waals surface area contributed by atoms with Gasteiger partial charge in [-0.05, 0) is 26.0 Å². The minimum Gasteiger partial charge on any atom is -0.350 e. The Balaban J connectivity index is 2.53. The Bertz CT molecular complexity index is 767. The second-order valence-electron chi connectivity index (χ2n) is 5.22. The van der Waals surface area contributed by atoms with Crippen LogP contribution in [0.5, 0.6) is 0 Å². The fourth-order valence-corrected chi connectivity index (χ4v) is 2.04. The summed E-state index contributed by atoms with van der Waals surface area (Å²) >= 11 is 0. The molecule has 0 radical (unpaired) electrons. The highest BCUT2D eigenvalue weighted by Crippen LogP contribution is 2.34. The summed E-state index contributed by atoms with van der Waals surface area (Å²) in [5.74, 6) is -0.898. The lowest BCUT2D eigenvalue weighted by Crippen LogP contribution is -2.31. The zero-order valence-corrected chi connectivity index (χ0v) is 12.7. The molecule has 0 aliphatic carbocycles. The van der Waals surface area contributed by atoms with Gasteiger partial charge >= 0.3 is 6.18 Å². The highest BCUT2D eigenvalue weighted by atomic mass is 19.4. The lowest BCUT2D eigenvalue weighted by atomic mass is 10.2. The van der Waals surface area contributed by atoms with E-state index >= 15 is 0 Å². The summed E-state index contributed by atoms with van der Waals surface area (Å²) in [4.78, 5) is 21.9. The van der Waals surface area contributed by atoms with Gasteiger partial charge in [-0.2, -0.15) is 18.3 Å². The molecule has 0 bridgehead atoms. The van der Waals surface area contributed by atoms with E-state index in [0.29, 0.717) is 4.68 Å². The van der Waals surface area contributed by atoms with Crippen LogP contribution in [0.15, 0.2) is 30.5 Å². The van der Waals surface area contributed by atoms with Crippen LogP contribution < -0.4 is 5.32 Å². The van der Waals surface area contributed by atoms with Crippen molar-refractivity contribution in [2.45, 2.75) is 26.1 Å². The van der Waals surface area contributed by atoms with Crippen molar-refractivity contribution >= 4 is 11.6 Å². The quantitative estimate of drug-likeness (QED) is 0.683. The Morgan fingerprint density at radius 1 is 1.29 bits per heavy atom. The first-order valence-corrected chi connectivity index (χ1v) is 6.82. The van der Waals surface area contributed by atoms with Crippen LogP contribution in [0.25, 0.3) is 5.69 Å². The zero-order valence-electron chi connectivity index (χ0n) is 12.7. The molecule has 2 aromatic rings. The van der Waals surface area contributed by atoms with Crippen LogP contribution in [0.1, 0.15) is 29.9 Å². The number of carbonyl (C=O) groups excluding carboxylic acids is 1. The van der Waals surface area contributed by atoms with Crippen molar-refractivity contribution in [1.82, 2.24) is 15.1 Å². The van der Waals surface area contributed by atoms with Crippen LogP contribution in [-0.2, 0) is 6.18 Å². The number of non-ortho nitro benzene ring substituents is 1. The number of nitro benzene ring substituents is 1. The summed E-state index contributed by atoms with van der Waals surface area (Å²) in [5, 5.41) is 16.6. The molecule has 0 unspecified atom stereocenters. The molecular formula is C14H13F3N4O3. The minimum absolute atomic E-state index is 0.0449. The molecule has 0 atom stereocenters. The van der Waals surface area contributed by atoms with E-state index in [1.54, 1.807) is 13.8 Å². The van der Waals surface area contributed by atoms with E-state index in [1.165, 1.54) is 0 Å². The standard InChI is InChI=1S/C14H13F3N4O3/c1-8(2)19-13(22)11-7-18-20(12(11)14(15,16)17)9-3-5-10(6-4-9)21(23)24/h3-8H,1-2H3,(H,19,22). The number of hydrogen-bond donors (Lipinski definition) is 1. The third kappa shape index (κ3) is 3.53. The molecule has 1 aromatic carbocycles. The maximum absolute atomic E-state index is 13.4. The maximum atomic E-state index is 13.4. The van der Waals surface area contributed by atoms with Crippen molar-refractivity contribution in [1.29, 1.82) is 0 Å². The van der Waals surface area contributed by atoms with Gasteiger partial charge in [0.15, 0.2) is 5.69 Å². The van der Waals surface area contributed by atoms with Crippen molar-refractivity contribution in [2.24, 2.45) is 0 Å². The van der Waals surface area contributed by atoms with E-state index < -0.39 is 28.3 Å². The van der Waals surface area contributed by atoms with Gasteiger partial charge in [-0.25, -0.2) is 4.68 Å². The highest BCUT2D eigenvalue weighted by molar-refractivity contribution is 5.95. The first-order valence-electron chi connectivity index (χ1n) is 6.82. The van der Waals surface area contributed by atoms with E-state index in [2.05, 4.69) is 10.4 Å². The van der Waals surface area contributed by atoms with Crippen LogP contribution >= 0.6 is 0 Å². The summed E-state index contributed by atoms with van der Waals surface area (Å²) in [6, 6.07) is 4.03. The predicted octanol–water partition coefficient (Wildman–Crippen LogP) is 2.94. The van der Waals surface area contributed by atoms with Crippen molar-refractivity contribution in [3.05, 3.63) is 51.8 Å². The molecule has 1 aromatic heterocycles. The second kappa shape index (κ2) is 6.30. The fourth-order valence-electron chi connectivity index (χ4n) is 2.04. The van der Waals surface area contributed by atoms with Crippen LogP contribution in [0, 0.1) is 10.1 Å². The van der Waals surface area contributed by atoms with Gasteiger partial charge < -0.3 is 5.32 Å². The van der Waals surface area contributed by atoms with Crippen LogP contribution in [-0.4, -0.2) is 26.7 Å². The first kappa shape index (κ1) is 17.4. The number of amides is 1. The number of nitrogens with one attached hydrogen (secondary N) is 1. The number of aromatic nitrogens is 2. The second-order valence-corrected chi connectivity index (χ2v) is 5.22. The molecule has 10 heteroatoms. The number of hydrogen-bond acceptors (Lipinski definition) is 4. The summed E-state index contributed by atoms with van der Waals surface area (Å²) in [7, 11) is 0. The average Bonchev–Trinajstić information content (AvgIpc) is 2.91. The Kier molecular flexibility index (Phi) is 4.58. The topological polar surface area (TPSA) is 90.1 Å². The number of nitrogens with zero attached hydrogens (tertiary/aromatic N) is 3. The Labute approximate surface area is 134 Å². The van der Waals surface area contributed by atoms with E-state index in [1.807, 2.05) is 0 Å². The van der Waals surface area contributed by atoms with Gasteiger partial charge in [0.2, 0.25) is 0 Å². The molecule has 0 fully saturated rings. The minimum atomic E-state index is -4.83. The van der Waals surface area contributed by atoms with Crippen molar-refractivity contribution < 1.29 is 22.9 Å². The Morgan fingerprint density at radius 2 is 1.88 bits per heavy atom. The molecule has 0 spiro atoms. The average molecular weight is 342 g/mol. The smallest absolute Gasteiger partial charge is 0.350 e. The molecule has 1 N–H and O–H groups in total. The number of rotatable bonds is 4. The first-order chi connectivity index (χ1) is 11.1.